The lowest BCUT2D eigenvalue weighted by Crippen LogP contribution is -2.34. The highest BCUT2D eigenvalue weighted by Crippen LogP contribution is 2.34. The van der Waals surface area contributed by atoms with Gasteiger partial charge in [-0.2, -0.15) is 0 Å². The van der Waals surface area contributed by atoms with Gasteiger partial charge in [0, 0.05) is 23.2 Å². The van der Waals surface area contributed by atoms with Crippen molar-refractivity contribution >= 4 is 21.9 Å². The molecule has 0 heterocycles. The molecule has 0 saturated carbocycles. The lowest BCUT2D eigenvalue weighted by Gasteiger charge is -2.18. The predicted octanol–water partition coefficient (Wildman–Crippen LogP) is 4.00. The molecule has 1 atom stereocenters. The van der Waals surface area contributed by atoms with Crippen molar-refractivity contribution < 1.29 is 23.7 Å². The van der Waals surface area contributed by atoms with Crippen LogP contribution in [-0.4, -0.2) is 33.3 Å². The number of halogens is 1. The molecule has 0 aliphatic carbocycles. The fourth-order valence-corrected chi connectivity index (χ4v) is 3.11. The lowest BCUT2D eigenvalue weighted by atomic mass is 10.1. The molecular formula is C21H26BrNO5. The first-order chi connectivity index (χ1) is 13.4. The first-order valence-electron chi connectivity index (χ1n) is 8.84. The maximum atomic E-state index is 11.6. The Morgan fingerprint density at radius 1 is 1.14 bits per heavy atom. The third-order valence-electron chi connectivity index (χ3n) is 4.50. The molecular weight excluding hydrogens is 426 g/mol. The van der Waals surface area contributed by atoms with Crippen molar-refractivity contribution in [3.8, 4) is 17.2 Å². The minimum absolute atomic E-state index is 0.331. The van der Waals surface area contributed by atoms with Gasteiger partial charge >= 0.3 is 5.97 Å². The van der Waals surface area contributed by atoms with Gasteiger partial charge in [0.15, 0.2) is 0 Å². The number of esters is 1. The number of carbonyl (C=O) groups excluding carboxylic acids is 1. The van der Waals surface area contributed by atoms with Crippen LogP contribution in [0.1, 0.15) is 23.6 Å². The monoisotopic (exact) mass is 451 g/mol. The molecule has 0 unspecified atom stereocenters. The van der Waals surface area contributed by atoms with Gasteiger partial charge in [-0.25, -0.2) is 0 Å². The maximum Gasteiger partial charge on any atom is 0.322 e. The molecule has 7 heteroatoms. The molecule has 0 saturated heterocycles. The summed E-state index contributed by atoms with van der Waals surface area (Å²) >= 11 is 3.54. The number of hydrogen-bond acceptors (Lipinski definition) is 6. The SMILES string of the molecule is COC(=O)[C@@H](C)NCc1c(OC)cc(OCc2cccc(Br)c2C)cc1OC. The van der Waals surface area contributed by atoms with Crippen LogP contribution < -0.4 is 19.5 Å². The topological polar surface area (TPSA) is 66.0 Å². The molecule has 0 spiro atoms. The van der Waals surface area contributed by atoms with Gasteiger partial charge in [-0.05, 0) is 31.0 Å². The highest BCUT2D eigenvalue weighted by atomic mass is 79.9. The summed E-state index contributed by atoms with van der Waals surface area (Å²) in [5, 5.41) is 3.11. The molecule has 0 aliphatic rings. The standard InChI is InChI=1S/C21H26BrNO5/c1-13-15(7-6-8-18(13)22)12-28-16-9-19(25-3)17(20(10-16)26-4)11-23-14(2)21(24)27-5/h6-10,14,23H,11-12H2,1-5H3/t14-/m1/s1. The van der Waals surface area contributed by atoms with Crippen LogP contribution in [0.25, 0.3) is 0 Å². The number of methoxy groups -OCH3 is 3. The second kappa shape index (κ2) is 10.3. The summed E-state index contributed by atoms with van der Waals surface area (Å²) in [7, 11) is 4.54. The molecule has 0 aromatic heterocycles. The van der Waals surface area contributed by atoms with Crippen molar-refractivity contribution in [3.05, 3.63) is 51.5 Å². The summed E-state index contributed by atoms with van der Waals surface area (Å²) in [4.78, 5) is 11.6. The largest absolute Gasteiger partial charge is 0.496 e. The van der Waals surface area contributed by atoms with E-state index in [-0.39, 0.29) is 5.97 Å². The molecule has 0 aliphatic heterocycles. The molecule has 28 heavy (non-hydrogen) atoms. The van der Waals surface area contributed by atoms with Crippen LogP contribution in [0.4, 0.5) is 0 Å². The molecule has 2 aromatic carbocycles. The van der Waals surface area contributed by atoms with E-state index in [0.29, 0.717) is 30.4 Å². The average Bonchev–Trinajstić information content (AvgIpc) is 2.71. The molecule has 2 aromatic rings. The van der Waals surface area contributed by atoms with Gasteiger partial charge < -0.3 is 24.3 Å². The minimum Gasteiger partial charge on any atom is -0.496 e. The zero-order valence-electron chi connectivity index (χ0n) is 16.8. The molecule has 152 valence electrons. The Kier molecular flexibility index (Phi) is 8.14. The van der Waals surface area contributed by atoms with Crippen LogP contribution in [0.2, 0.25) is 0 Å². The highest BCUT2D eigenvalue weighted by molar-refractivity contribution is 9.10. The predicted molar refractivity (Wildman–Crippen MR) is 111 cm³/mol. The second-order valence-electron chi connectivity index (χ2n) is 6.24. The smallest absolute Gasteiger partial charge is 0.322 e. The summed E-state index contributed by atoms with van der Waals surface area (Å²) in [5.74, 6) is 1.54. The van der Waals surface area contributed by atoms with Crippen LogP contribution in [0, 0.1) is 6.92 Å². The fourth-order valence-electron chi connectivity index (χ4n) is 2.70. The summed E-state index contributed by atoms with van der Waals surface area (Å²) < 4.78 is 22.8. The number of ether oxygens (including phenoxy) is 4. The average molecular weight is 452 g/mol. The highest BCUT2D eigenvalue weighted by Gasteiger charge is 2.17. The van der Waals surface area contributed by atoms with Crippen LogP contribution in [0.5, 0.6) is 17.2 Å². The van der Waals surface area contributed by atoms with Crippen molar-refractivity contribution in [3.63, 3.8) is 0 Å². The number of hydrogen-bond donors (Lipinski definition) is 1. The Balaban J connectivity index is 2.19. The van der Waals surface area contributed by atoms with Gasteiger partial charge in [0.1, 0.15) is 29.9 Å². The summed E-state index contributed by atoms with van der Waals surface area (Å²) in [6.07, 6.45) is 0. The Morgan fingerprint density at radius 2 is 1.79 bits per heavy atom. The van der Waals surface area contributed by atoms with E-state index < -0.39 is 6.04 Å². The number of nitrogens with one attached hydrogen (secondary N) is 1. The normalized spacial score (nSPS) is 11.6. The first-order valence-corrected chi connectivity index (χ1v) is 9.63. The van der Waals surface area contributed by atoms with Gasteiger partial charge in [-0.15, -0.1) is 0 Å². The van der Waals surface area contributed by atoms with Crippen LogP contribution in [0.15, 0.2) is 34.8 Å². The Labute approximate surface area is 174 Å². The van der Waals surface area contributed by atoms with Crippen molar-refractivity contribution in [2.24, 2.45) is 0 Å². The van der Waals surface area contributed by atoms with Crippen LogP contribution in [-0.2, 0) is 22.7 Å². The molecule has 1 N–H and O–H groups in total. The van der Waals surface area contributed by atoms with E-state index in [9.17, 15) is 4.79 Å². The summed E-state index contributed by atoms with van der Waals surface area (Å²) in [6.45, 7) is 4.59. The van der Waals surface area contributed by atoms with Gasteiger partial charge in [-0.3, -0.25) is 4.79 Å². The fraction of sp³-hybridized carbons (Fsp3) is 0.381. The lowest BCUT2D eigenvalue weighted by molar-refractivity contribution is -0.142. The Bertz CT molecular complexity index is 799. The van der Waals surface area contributed by atoms with E-state index in [1.54, 1.807) is 21.1 Å². The van der Waals surface area contributed by atoms with E-state index in [1.807, 2.05) is 37.3 Å². The molecule has 0 amide bonds. The first kappa shape index (κ1) is 22.0. The van der Waals surface area contributed by atoms with E-state index in [2.05, 4.69) is 21.2 Å². The third kappa shape index (κ3) is 5.39. The molecule has 2 rings (SSSR count). The summed E-state index contributed by atoms with van der Waals surface area (Å²) in [5.41, 5.74) is 3.02. The van der Waals surface area contributed by atoms with E-state index in [4.69, 9.17) is 18.9 Å². The molecule has 0 fully saturated rings. The molecule has 0 bridgehead atoms. The molecule has 6 nitrogen and oxygen atoms in total. The van der Waals surface area contributed by atoms with Gasteiger partial charge in [0.2, 0.25) is 0 Å². The van der Waals surface area contributed by atoms with E-state index in [0.717, 1.165) is 21.2 Å². The zero-order chi connectivity index (χ0) is 20.7. The maximum absolute atomic E-state index is 11.6. The van der Waals surface area contributed by atoms with Gasteiger partial charge in [0.25, 0.3) is 0 Å². The van der Waals surface area contributed by atoms with Crippen molar-refractivity contribution in [2.75, 3.05) is 21.3 Å². The van der Waals surface area contributed by atoms with Crippen molar-refractivity contribution in [1.82, 2.24) is 5.32 Å². The van der Waals surface area contributed by atoms with Crippen LogP contribution >= 0.6 is 15.9 Å². The van der Waals surface area contributed by atoms with Crippen LogP contribution in [0.3, 0.4) is 0 Å². The second-order valence-corrected chi connectivity index (χ2v) is 7.10. The van der Waals surface area contributed by atoms with Gasteiger partial charge in [0.05, 0.1) is 26.9 Å². The van der Waals surface area contributed by atoms with Crippen molar-refractivity contribution in [1.29, 1.82) is 0 Å². The van der Waals surface area contributed by atoms with Crippen molar-refractivity contribution in [2.45, 2.75) is 33.0 Å². The number of carbonyl (C=O) groups is 1. The van der Waals surface area contributed by atoms with E-state index in [1.165, 1.54) is 7.11 Å². The summed E-state index contributed by atoms with van der Waals surface area (Å²) in [6, 6.07) is 9.19. The Hall–Kier alpha value is -2.25. The number of benzene rings is 2. The molecule has 0 radical (unpaired) electrons. The zero-order valence-corrected chi connectivity index (χ0v) is 18.4. The van der Waals surface area contributed by atoms with E-state index >= 15 is 0 Å². The third-order valence-corrected chi connectivity index (χ3v) is 5.35. The quantitative estimate of drug-likeness (QED) is 0.581. The minimum atomic E-state index is -0.449. The Morgan fingerprint density at radius 3 is 2.36 bits per heavy atom. The van der Waals surface area contributed by atoms with Gasteiger partial charge in [-0.1, -0.05) is 28.1 Å². The number of rotatable bonds is 9.